The minimum Gasteiger partial charge on any atom is -0.395 e. The van der Waals surface area contributed by atoms with Crippen LogP contribution >= 0.6 is 0 Å². The molecule has 0 saturated carbocycles. The quantitative estimate of drug-likeness (QED) is 0.764. The maximum atomic E-state index is 8.64. The first kappa shape index (κ1) is 12.1. The van der Waals surface area contributed by atoms with E-state index in [1.807, 2.05) is 18.4 Å². The SMILES string of the molecule is CC.COCc1cncn1CCO. The molecule has 4 heteroatoms. The zero-order chi connectivity index (χ0) is 10.1. The lowest BCUT2D eigenvalue weighted by molar-refractivity contribution is 0.175. The van der Waals surface area contributed by atoms with E-state index in [1.54, 1.807) is 19.6 Å². The minimum absolute atomic E-state index is 0.132. The number of imidazole rings is 1. The van der Waals surface area contributed by atoms with Gasteiger partial charge in [-0.3, -0.25) is 0 Å². The molecule has 76 valence electrons. The second-order valence-electron chi connectivity index (χ2n) is 2.23. The van der Waals surface area contributed by atoms with Crippen LogP contribution in [0.5, 0.6) is 0 Å². The van der Waals surface area contributed by atoms with Gasteiger partial charge in [-0.1, -0.05) is 13.8 Å². The molecule has 0 aliphatic carbocycles. The highest BCUT2D eigenvalue weighted by Crippen LogP contribution is 1.99. The van der Waals surface area contributed by atoms with E-state index >= 15 is 0 Å². The molecule has 0 unspecified atom stereocenters. The lowest BCUT2D eigenvalue weighted by atomic mass is 10.5. The first-order chi connectivity index (χ1) is 6.38. The molecule has 1 aromatic rings. The Morgan fingerprint density at radius 3 is 2.77 bits per heavy atom. The average molecular weight is 186 g/mol. The average Bonchev–Trinajstić information content (AvgIpc) is 2.58. The van der Waals surface area contributed by atoms with Gasteiger partial charge in [0.2, 0.25) is 0 Å². The molecule has 1 rings (SSSR count). The van der Waals surface area contributed by atoms with Gasteiger partial charge >= 0.3 is 0 Å². The van der Waals surface area contributed by atoms with Crippen LogP contribution in [0.15, 0.2) is 12.5 Å². The van der Waals surface area contributed by atoms with Crippen LogP contribution < -0.4 is 0 Å². The Hall–Kier alpha value is -0.870. The molecule has 0 aliphatic rings. The van der Waals surface area contributed by atoms with E-state index in [9.17, 15) is 0 Å². The topological polar surface area (TPSA) is 47.3 Å². The number of ether oxygens (including phenoxy) is 1. The Balaban J connectivity index is 0.000000671. The monoisotopic (exact) mass is 186 g/mol. The fourth-order valence-electron chi connectivity index (χ4n) is 0.925. The second kappa shape index (κ2) is 7.76. The molecular weight excluding hydrogens is 168 g/mol. The maximum absolute atomic E-state index is 8.64. The number of rotatable bonds is 4. The second-order valence-corrected chi connectivity index (χ2v) is 2.23. The summed E-state index contributed by atoms with van der Waals surface area (Å²) in [7, 11) is 1.64. The van der Waals surface area contributed by atoms with Crippen molar-refractivity contribution >= 4 is 0 Å². The molecule has 13 heavy (non-hydrogen) atoms. The van der Waals surface area contributed by atoms with Crippen LogP contribution in [0.3, 0.4) is 0 Å². The van der Waals surface area contributed by atoms with Crippen molar-refractivity contribution in [3.8, 4) is 0 Å². The molecule has 0 spiro atoms. The largest absolute Gasteiger partial charge is 0.395 e. The van der Waals surface area contributed by atoms with Gasteiger partial charge in [-0.25, -0.2) is 4.98 Å². The van der Waals surface area contributed by atoms with Crippen LogP contribution in [0.2, 0.25) is 0 Å². The maximum Gasteiger partial charge on any atom is 0.0949 e. The number of methoxy groups -OCH3 is 1. The number of nitrogens with zero attached hydrogens (tertiary/aromatic N) is 2. The van der Waals surface area contributed by atoms with Gasteiger partial charge in [0.05, 0.1) is 31.4 Å². The summed E-state index contributed by atoms with van der Waals surface area (Å²) in [5.41, 5.74) is 0.988. The van der Waals surface area contributed by atoms with E-state index in [2.05, 4.69) is 4.98 Å². The molecule has 0 fully saturated rings. The number of hydrogen-bond donors (Lipinski definition) is 1. The fraction of sp³-hybridized carbons (Fsp3) is 0.667. The van der Waals surface area contributed by atoms with E-state index in [-0.39, 0.29) is 6.61 Å². The van der Waals surface area contributed by atoms with Gasteiger partial charge in [-0.05, 0) is 0 Å². The summed E-state index contributed by atoms with van der Waals surface area (Å²) in [5, 5.41) is 8.64. The summed E-state index contributed by atoms with van der Waals surface area (Å²) in [4.78, 5) is 3.93. The van der Waals surface area contributed by atoms with Gasteiger partial charge in [0.15, 0.2) is 0 Å². The van der Waals surface area contributed by atoms with Crippen LogP contribution in [0.25, 0.3) is 0 Å². The summed E-state index contributed by atoms with van der Waals surface area (Å²) in [6.45, 7) is 5.26. The Morgan fingerprint density at radius 2 is 2.23 bits per heavy atom. The highest BCUT2D eigenvalue weighted by atomic mass is 16.5. The third-order valence-corrected chi connectivity index (χ3v) is 1.43. The molecule has 0 aromatic carbocycles. The molecule has 1 N–H and O–H groups in total. The zero-order valence-corrected chi connectivity index (χ0v) is 8.53. The van der Waals surface area contributed by atoms with Gasteiger partial charge < -0.3 is 14.4 Å². The van der Waals surface area contributed by atoms with E-state index < -0.39 is 0 Å². The van der Waals surface area contributed by atoms with Gasteiger partial charge in [0.1, 0.15) is 0 Å². The number of hydrogen-bond acceptors (Lipinski definition) is 3. The van der Waals surface area contributed by atoms with Crippen molar-refractivity contribution in [2.75, 3.05) is 13.7 Å². The number of aliphatic hydroxyl groups is 1. The van der Waals surface area contributed by atoms with E-state index in [0.29, 0.717) is 13.2 Å². The third-order valence-electron chi connectivity index (χ3n) is 1.43. The zero-order valence-electron chi connectivity index (χ0n) is 8.53. The van der Waals surface area contributed by atoms with Crippen molar-refractivity contribution < 1.29 is 9.84 Å². The smallest absolute Gasteiger partial charge is 0.0949 e. The van der Waals surface area contributed by atoms with Crippen molar-refractivity contribution in [3.05, 3.63) is 18.2 Å². The molecule has 0 aliphatic heterocycles. The molecule has 0 radical (unpaired) electrons. The van der Waals surface area contributed by atoms with E-state index in [0.717, 1.165) is 5.69 Å². The molecule has 0 atom stereocenters. The van der Waals surface area contributed by atoms with Crippen LogP contribution in [-0.4, -0.2) is 28.4 Å². The summed E-state index contributed by atoms with van der Waals surface area (Å²) in [5.74, 6) is 0. The summed E-state index contributed by atoms with van der Waals surface area (Å²) < 4.78 is 6.80. The molecule has 0 saturated heterocycles. The Morgan fingerprint density at radius 1 is 1.54 bits per heavy atom. The summed E-state index contributed by atoms with van der Waals surface area (Å²) >= 11 is 0. The van der Waals surface area contributed by atoms with Crippen LogP contribution in [0.1, 0.15) is 19.5 Å². The summed E-state index contributed by atoms with van der Waals surface area (Å²) in [6.07, 6.45) is 3.42. The van der Waals surface area contributed by atoms with Crippen LogP contribution in [-0.2, 0) is 17.9 Å². The molecule has 1 aromatic heterocycles. The molecule has 0 amide bonds. The fourth-order valence-corrected chi connectivity index (χ4v) is 0.925. The van der Waals surface area contributed by atoms with Crippen LogP contribution in [0.4, 0.5) is 0 Å². The van der Waals surface area contributed by atoms with Gasteiger partial charge in [0, 0.05) is 13.7 Å². The predicted octanol–water partition coefficient (Wildman–Crippen LogP) is 1.05. The first-order valence-electron chi connectivity index (χ1n) is 4.47. The molecule has 0 bridgehead atoms. The third kappa shape index (κ3) is 4.05. The first-order valence-corrected chi connectivity index (χ1v) is 4.47. The molecule has 4 nitrogen and oxygen atoms in total. The van der Waals surface area contributed by atoms with E-state index in [1.165, 1.54) is 0 Å². The van der Waals surface area contributed by atoms with Gasteiger partial charge in [-0.2, -0.15) is 0 Å². The van der Waals surface area contributed by atoms with Crippen LogP contribution in [0, 0.1) is 0 Å². The molecular formula is C9H18N2O2. The normalized spacial score (nSPS) is 9.23. The predicted molar refractivity (Wildman–Crippen MR) is 51.4 cm³/mol. The Kier molecular flexibility index (Phi) is 7.24. The van der Waals surface area contributed by atoms with Crippen molar-refractivity contribution in [1.29, 1.82) is 0 Å². The van der Waals surface area contributed by atoms with Crippen molar-refractivity contribution in [2.45, 2.75) is 27.0 Å². The lowest BCUT2D eigenvalue weighted by Gasteiger charge is -2.03. The highest BCUT2D eigenvalue weighted by Gasteiger charge is 1.98. The van der Waals surface area contributed by atoms with Gasteiger partial charge in [0.25, 0.3) is 0 Å². The van der Waals surface area contributed by atoms with Crippen molar-refractivity contribution in [3.63, 3.8) is 0 Å². The van der Waals surface area contributed by atoms with E-state index in [4.69, 9.17) is 9.84 Å². The van der Waals surface area contributed by atoms with Crippen molar-refractivity contribution in [1.82, 2.24) is 9.55 Å². The Labute approximate surface area is 79.2 Å². The minimum atomic E-state index is 0.132. The highest BCUT2D eigenvalue weighted by molar-refractivity contribution is 4.96. The lowest BCUT2D eigenvalue weighted by Crippen LogP contribution is -2.05. The van der Waals surface area contributed by atoms with Gasteiger partial charge in [-0.15, -0.1) is 0 Å². The Bertz CT molecular complexity index is 191. The molecule has 1 heterocycles. The number of aromatic nitrogens is 2. The summed E-state index contributed by atoms with van der Waals surface area (Å²) in [6, 6.07) is 0. The van der Waals surface area contributed by atoms with Crippen molar-refractivity contribution in [2.24, 2.45) is 0 Å². The standard InChI is InChI=1S/C7H12N2O2.C2H6/c1-11-5-7-4-8-6-9(7)2-3-10;1-2/h4,6,10H,2-3,5H2,1H3;1-2H3. The number of aliphatic hydroxyl groups excluding tert-OH is 1.